The summed E-state index contributed by atoms with van der Waals surface area (Å²) in [6.07, 6.45) is 4.80. The lowest BCUT2D eigenvalue weighted by molar-refractivity contribution is -0.118. The molecule has 1 saturated heterocycles. The Hall–Kier alpha value is -1.65. The number of hydrogen-bond acceptors (Lipinski definition) is 3. The van der Waals surface area contributed by atoms with Crippen LogP contribution in [0.4, 0.5) is 5.69 Å². The molecular formula is C15H16ClN3O. The molecule has 1 atom stereocenters. The fourth-order valence-electron chi connectivity index (χ4n) is 2.53. The highest BCUT2D eigenvalue weighted by molar-refractivity contribution is 6.35. The van der Waals surface area contributed by atoms with Gasteiger partial charge in [-0.2, -0.15) is 0 Å². The molecule has 0 aliphatic carbocycles. The summed E-state index contributed by atoms with van der Waals surface area (Å²) in [5.41, 5.74) is 1.44. The van der Waals surface area contributed by atoms with E-state index in [-0.39, 0.29) is 11.9 Å². The molecule has 20 heavy (non-hydrogen) atoms. The average Bonchev–Trinajstić information content (AvgIpc) is 2.51. The number of anilines is 1. The van der Waals surface area contributed by atoms with Gasteiger partial charge < -0.3 is 10.6 Å². The molecule has 1 aliphatic rings. The second-order valence-electron chi connectivity index (χ2n) is 4.99. The fraction of sp³-hybridized carbons (Fsp3) is 0.333. The van der Waals surface area contributed by atoms with Crippen LogP contribution in [-0.2, 0) is 4.79 Å². The number of halogens is 1. The van der Waals surface area contributed by atoms with Crippen LogP contribution in [0.5, 0.6) is 0 Å². The second kappa shape index (κ2) is 5.77. The molecule has 2 aromatic rings. The minimum Gasteiger partial charge on any atom is -0.323 e. The first-order valence-corrected chi connectivity index (χ1v) is 7.21. The van der Waals surface area contributed by atoms with Gasteiger partial charge in [-0.15, -0.1) is 0 Å². The maximum Gasteiger partial charge on any atom is 0.241 e. The van der Waals surface area contributed by atoms with E-state index in [2.05, 4.69) is 15.6 Å². The van der Waals surface area contributed by atoms with Gasteiger partial charge >= 0.3 is 0 Å². The van der Waals surface area contributed by atoms with Gasteiger partial charge in [0.15, 0.2) is 0 Å². The Morgan fingerprint density at radius 2 is 2.25 bits per heavy atom. The number of hydrogen-bond donors (Lipinski definition) is 2. The molecule has 1 aromatic carbocycles. The monoisotopic (exact) mass is 289 g/mol. The van der Waals surface area contributed by atoms with E-state index in [9.17, 15) is 4.79 Å². The van der Waals surface area contributed by atoms with Crippen LogP contribution in [0.1, 0.15) is 19.3 Å². The van der Waals surface area contributed by atoms with Crippen molar-refractivity contribution in [3.8, 4) is 0 Å². The minimum atomic E-state index is -0.113. The second-order valence-corrected chi connectivity index (χ2v) is 5.39. The summed E-state index contributed by atoms with van der Waals surface area (Å²) in [5.74, 6) is -0.000949. The summed E-state index contributed by atoms with van der Waals surface area (Å²) >= 11 is 6.15. The van der Waals surface area contributed by atoms with Crippen molar-refractivity contribution >= 4 is 34.1 Å². The van der Waals surface area contributed by atoms with Crippen molar-refractivity contribution in [2.45, 2.75) is 25.3 Å². The van der Waals surface area contributed by atoms with Gasteiger partial charge in [0.2, 0.25) is 5.91 Å². The SMILES string of the molecule is O=C(Nc1ccc(Cl)c2cccnc12)C1CCCCN1. The molecular weight excluding hydrogens is 274 g/mol. The molecule has 3 rings (SSSR count). The van der Waals surface area contributed by atoms with E-state index in [0.717, 1.165) is 36.7 Å². The van der Waals surface area contributed by atoms with Crippen LogP contribution in [0.25, 0.3) is 10.9 Å². The third kappa shape index (κ3) is 2.62. The Balaban J connectivity index is 1.87. The fourth-order valence-corrected chi connectivity index (χ4v) is 2.75. The van der Waals surface area contributed by atoms with E-state index in [1.54, 1.807) is 18.3 Å². The van der Waals surface area contributed by atoms with Gasteiger partial charge in [-0.3, -0.25) is 9.78 Å². The number of nitrogens with zero attached hydrogens (tertiary/aromatic N) is 1. The van der Waals surface area contributed by atoms with Crippen molar-refractivity contribution < 1.29 is 4.79 Å². The molecule has 0 saturated carbocycles. The maximum absolute atomic E-state index is 12.3. The highest BCUT2D eigenvalue weighted by Gasteiger charge is 2.21. The standard InChI is InChI=1S/C15H16ClN3O/c16-11-6-7-12(14-10(11)4-3-9-18-14)19-15(20)13-5-1-2-8-17-13/h3-4,6-7,9,13,17H,1-2,5,8H2,(H,19,20). The lowest BCUT2D eigenvalue weighted by atomic mass is 10.0. The highest BCUT2D eigenvalue weighted by atomic mass is 35.5. The topological polar surface area (TPSA) is 54.0 Å². The number of amides is 1. The molecule has 1 amide bonds. The van der Waals surface area contributed by atoms with Crippen LogP contribution in [0.2, 0.25) is 5.02 Å². The molecule has 0 bridgehead atoms. The normalized spacial score (nSPS) is 18.9. The molecule has 0 radical (unpaired) electrons. The zero-order valence-corrected chi connectivity index (χ0v) is 11.8. The molecule has 5 heteroatoms. The van der Waals surface area contributed by atoms with Gasteiger partial charge in [0, 0.05) is 11.6 Å². The largest absolute Gasteiger partial charge is 0.323 e. The number of nitrogens with one attached hydrogen (secondary N) is 2. The van der Waals surface area contributed by atoms with Crippen LogP contribution in [0.3, 0.4) is 0 Å². The van der Waals surface area contributed by atoms with Crippen molar-refractivity contribution in [1.82, 2.24) is 10.3 Å². The first kappa shape index (κ1) is 13.3. The lowest BCUT2D eigenvalue weighted by Crippen LogP contribution is -2.43. The van der Waals surface area contributed by atoms with Gasteiger partial charge in [0.1, 0.15) is 0 Å². The third-order valence-corrected chi connectivity index (χ3v) is 3.93. The zero-order chi connectivity index (χ0) is 13.9. The first-order chi connectivity index (χ1) is 9.75. The summed E-state index contributed by atoms with van der Waals surface area (Å²) in [6, 6.07) is 7.22. The van der Waals surface area contributed by atoms with Gasteiger partial charge in [-0.25, -0.2) is 0 Å². The molecule has 104 valence electrons. The summed E-state index contributed by atoms with van der Waals surface area (Å²) in [5, 5.41) is 7.69. The van der Waals surface area contributed by atoms with E-state index < -0.39 is 0 Å². The van der Waals surface area contributed by atoms with Crippen LogP contribution < -0.4 is 10.6 Å². The number of piperidine rings is 1. The Morgan fingerprint density at radius 3 is 3.05 bits per heavy atom. The molecule has 1 fully saturated rings. The number of carbonyl (C=O) groups excluding carboxylic acids is 1. The van der Waals surface area contributed by atoms with Crippen molar-refractivity contribution in [3.63, 3.8) is 0 Å². The third-order valence-electron chi connectivity index (χ3n) is 3.60. The Labute approximate surface area is 122 Å². The Bertz CT molecular complexity index is 638. The average molecular weight is 290 g/mol. The molecule has 2 heterocycles. The summed E-state index contributed by atoms with van der Waals surface area (Å²) in [7, 11) is 0. The van der Waals surface area contributed by atoms with Gasteiger partial charge in [0.25, 0.3) is 0 Å². The Kier molecular flexibility index (Phi) is 3.85. The van der Waals surface area contributed by atoms with Gasteiger partial charge in [-0.05, 0) is 43.7 Å². The predicted molar refractivity (Wildman–Crippen MR) is 81.0 cm³/mol. The van der Waals surface area contributed by atoms with Crippen LogP contribution >= 0.6 is 11.6 Å². The molecule has 2 N–H and O–H groups in total. The van der Waals surface area contributed by atoms with Crippen LogP contribution in [-0.4, -0.2) is 23.5 Å². The number of pyridine rings is 1. The summed E-state index contributed by atoms with van der Waals surface area (Å²) in [4.78, 5) is 16.6. The predicted octanol–water partition coefficient (Wildman–Crippen LogP) is 2.97. The van der Waals surface area contributed by atoms with Gasteiger partial charge in [0.05, 0.1) is 22.3 Å². The van der Waals surface area contributed by atoms with Crippen molar-refractivity contribution in [2.75, 3.05) is 11.9 Å². The number of fused-ring (bicyclic) bond motifs is 1. The van der Waals surface area contributed by atoms with Crippen LogP contribution in [0, 0.1) is 0 Å². The number of aromatic nitrogens is 1. The molecule has 0 spiro atoms. The lowest BCUT2D eigenvalue weighted by Gasteiger charge is -2.22. The minimum absolute atomic E-state index is 0.000949. The number of rotatable bonds is 2. The quantitative estimate of drug-likeness (QED) is 0.894. The van der Waals surface area contributed by atoms with E-state index >= 15 is 0 Å². The first-order valence-electron chi connectivity index (χ1n) is 6.83. The van der Waals surface area contributed by atoms with Crippen LogP contribution in [0.15, 0.2) is 30.5 Å². The maximum atomic E-state index is 12.3. The molecule has 1 aromatic heterocycles. The number of carbonyl (C=O) groups is 1. The van der Waals surface area contributed by atoms with Crippen molar-refractivity contribution in [2.24, 2.45) is 0 Å². The van der Waals surface area contributed by atoms with E-state index in [1.807, 2.05) is 12.1 Å². The van der Waals surface area contributed by atoms with E-state index in [0.29, 0.717) is 10.7 Å². The van der Waals surface area contributed by atoms with Gasteiger partial charge in [-0.1, -0.05) is 18.0 Å². The van der Waals surface area contributed by atoms with E-state index in [4.69, 9.17) is 11.6 Å². The zero-order valence-electron chi connectivity index (χ0n) is 11.0. The summed E-state index contributed by atoms with van der Waals surface area (Å²) in [6.45, 7) is 0.900. The molecule has 1 aliphatic heterocycles. The molecule has 4 nitrogen and oxygen atoms in total. The van der Waals surface area contributed by atoms with Crippen molar-refractivity contribution in [1.29, 1.82) is 0 Å². The molecule has 1 unspecified atom stereocenters. The smallest absolute Gasteiger partial charge is 0.241 e. The van der Waals surface area contributed by atoms with Crippen molar-refractivity contribution in [3.05, 3.63) is 35.5 Å². The number of benzene rings is 1. The van der Waals surface area contributed by atoms with E-state index in [1.165, 1.54) is 0 Å². The summed E-state index contributed by atoms with van der Waals surface area (Å²) < 4.78 is 0. The highest BCUT2D eigenvalue weighted by Crippen LogP contribution is 2.28. The Morgan fingerprint density at radius 1 is 1.35 bits per heavy atom.